The van der Waals surface area contributed by atoms with E-state index in [1.165, 1.54) is 0 Å². The summed E-state index contributed by atoms with van der Waals surface area (Å²) < 4.78 is 21.5. The molecule has 0 saturated carbocycles. The van der Waals surface area contributed by atoms with Crippen molar-refractivity contribution >= 4 is 0 Å². The Morgan fingerprint density at radius 1 is 0.833 bits per heavy atom. The Balaban J connectivity index is 2.58. The van der Waals surface area contributed by atoms with Crippen LogP contribution in [0.4, 0.5) is 0 Å². The highest BCUT2D eigenvalue weighted by Crippen LogP contribution is 2.40. The van der Waals surface area contributed by atoms with Crippen molar-refractivity contribution in [1.29, 1.82) is 0 Å². The first kappa shape index (κ1) is 12.4. The minimum absolute atomic E-state index is 0.626. The Bertz CT molecular complexity index is 543. The van der Waals surface area contributed by atoms with Crippen LogP contribution in [0, 0.1) is 6.92 Å². The third kappa shape index (κ3) is 2.14. The van der Waals surface area contributed by atoms with E-state index in [0.717, 1.165) is 17.1 Å². The van der Waals surface area contributed by atoms with E-state index < -0.39 is 0 Å². The SMILES string of the molecule is COc1cc(OC)c(-c2ccc(C)o2)cc1OC. The van der Waals surface area contributed by atoms with Crippen molar-refractivity contribution in [2.24, 2.45) is 0 Å². The summed E-state index contributed by atoms with van der Waals surface area (Å²) in [5.74, 6) is 3.54. The molecular weight excluding hydrogens is 232 g/mol. The van der Waals surface area contributed by atoms with Crippen molar-refractivity contribution in [2.75, 3.05) is 21.3 Å². The number of aryl methyl sites for hydroxylation is 1. The van der Waals surface area contributed by atoms with Gasteiger partial charge in [-0.3, -0.25) is 0 Å². The van der Waals surface area contributed by atoms with Crippen LogP contribution in [0.1, 0.15) is 5.76 Å². The lowest BCUT2D eigenvalue weighted by Gasteiger charge is -2.12. The van der Waals surface area contributed by atoms with Crippen molar-refractivity contribution in [3.63, 3.8) is 0 Å². The highest BCUT2D eigenvalue weighted by Gasteiger charge is 2.15. The number of furan rings is 1. The second-order valence-corrected chi connectivity index (χ2v) is 3.82. The van der Waals surface area contributed by atoms with Gasteiger partial charge in [0.2, 0.25) is 0 Å². The molecule has 0 aliphatic carbocycles. The zero-order valence-electron chi connectivity index (χ0n) is 10.9. The van der Waals surface area contributed by atoms with Crippen molar-refractivity contribution in [1.82, 2.24) is 0 Å². The molecular formula is C14H16O4. The molecule has 0 fully saturated rings. The maximum Gasteiger partial charge on any atom is 0.164 e. The molecule has 0 N–H and O–H groups in total. The Labute approximate surface area is 106 Å². The largest absolute Gasteiger partial charge is 0.496 e. The fourth-order valence-corrected chi connectivity index (χ4v) is 1.80. The summed E-state index contributed by atoms with van der Waals surface area (Å²) in [6, 6.07) is 7.44. The molecule has 0 aliphatic rings. The summed E-state index contributed by atoms with van der Waals surface area (Å²) >= 11 is 0. The van der Waals surface area contributed by atoms with Crippen LogP contribution in [0.15, 0.2) is 28.7 Å². The van der Waals surface area contributed by atoms with Gasteiger partial charge in [-0.2, -0.15) is 0 Å². The molecule has 0 aliphatic heterocycles. The molecule has 2 aromatic rings. The number of methoxy groups -OCH3 is 3. The first-order valence-corrected chi connectivity index (χ1v) is 5.56. The maximum atomic E-state index is 5.61. The molecule has 0 saturated heterocycles. The van der Waals surface area contributed by atoms with E-state index >= 15 is 0 Å². The topological polar surface area (TPSA) is 40.8 Å². The quantitative estimate of drug-likeness (QED) is 0.832. The Kier molecular flexibility index (Phi) is 3.46. The van der Waals surface area contributed by atoms with Crippen molar-refractivity contribution in [3.05, 3.63) is 30.0 Å². The van der Waals surface area contributed by atoms with Gasteiger partial charge in [0.05, 0.1) is 26.9 Å². The monoisotopic (exact) mass is 248 g/mol. The highest BCUT2D eigenvalue weighted by atomic mass is 16.5. The van der Waals surface area contributed by atoms with Gasteiger partial charge >= 0.3 is 0 Å². The number of rotatable bonds is 4. The molecule has 18 heavy (non-hydrogen) atoms. The van der Waals surface area contributed by atoms with E-state index in [1.807, 2.05) is 25.1 Å². The lowest BCUT2D eigenvalue weighted by molar-refractivity contribution is 0.349. The van der Waals surface area contributed by atoms with E-state index in [-0.39, 0.29) is 0 Å². The van der Waals surface area contributed by atoms with Crippen LogP contribution < -0.4 is 14.2 Å². The van der Waals surface area contributed by atoms with Crippen LogP contribution in [-0.4, -0.2) is 21.3 Å². The predicted octanol–water partition coefficient (Wildman–Crippen LogP) is 3.28. The Morgan fingerprint density at radius 2 is 1.44 bits per heavy atom. The fourth-order valence-electron chi connectivity index (χ4n) is 1.80. The number of benzene rings is 1. The van der Waals surface area contributed by atoms with Crippen LogP contribution >= 0.6 is 0 Å². The summed E-state index contributed by atoms with van der Waals surface area (Å²) in [6.07, 6.45) is 0. The molecule has 1 aromatic carbocycles. The van der Waals surface area contributed by atoms with Gasteiger partial charge in [-0.15, -0.1) is 0 Å². The van der Waals surface area contributed by atoms with Crippen molar-refractivity contribution < 1.29 is 18.6 Å². The fraction of sp³-hybridized carbons (Fsp3) is 0.286. The molecule has 0 bridgehead atoms. The molecule has 1 aromatic heterocycles. The summed E-state index contributed by atoms with van der Waals surface area (Å²) in [5, 5.41) is 0. The van der Waals surface area contributed by atoms with Crippen LogP contribution in [-0.2, 0) is 0 Å². The van der Waals surface area contributed by atoms with Crippen LogP contribution in [0.3, 0.4) is 0 Å². The second kappa shape index (κ2) is 5.04. The van der Waals surface area contributed by atoms with E-state index in [9.17, 15) is 0 Å². The number of hydrogen-bond acceptors (Lipinski definition) is 4. The third-order valence-corrected chi connectivity index (χ3v) is 2.71. The summed E-state index contributed by atoms with van der Waals surface area (Å²) in [6.45, 7) is 1.90. The van der Waals surface area contributed by atoms with Gasteiger partial charge < -0.3 is 18.6 Å². The van der Waals surface area contributed by atoms with Gasteiger partial charge in [-0.25, -0.2) is 0 Å². The second-order valence-electron chi connectivity index (χ2n) is 3.82. The average Bonchev–Trinajstić information content (AvgIpc) is 2.83. The molecule has 96 valence electrons. The first-order chi connectivity index (χ1) is 8.69. The number of hydrogen-bond donors (Lipinski definition) is 0. The smallest absolute Gasteiger partial charge is 0.164 e. The number of ether oxygens (including phenoxy) is 3. The molecule has 0 unspecified atom stereocenters. The van der Waals surface area contributed by atoms with Gasteiger partial charge in [0.15, 0.2) is 11.5 Å². The zero-order chi connectivity index (χ0) is 13.1. The maximum absolute atomic E-state index is 5.61. The molecule has 4 heteroatoms. The lowest BCUT2D eigenvalue weighted by atomic mass is 10.1. The van der Waals surface area contributed by atoms with E-state index in [4.69, 9.17) is 18.6 Å². The molecule has 0 spiro atoms. The first-order valence-electron chi connectivity index (χ1n) is 5.56. The molecule has 0 amide bonds. The van der Waals surface area contributed by atoms with E-state index in [1.54, 1.807) is 27.4 Å². The van der Waals surface area contributed by atoms with Gasteiger partial charge in [-0.05, 0) is 25.1 Å². The van der Waals surface area contributed by atoms with Crippen LogP contribution in [0.25, 0.3) is 11.3 Å². The van der Waals surface area contributed by atoms with Gasteiger partial charge in [0.1, 0.15) is 17.3 Å². The van der Waals surface area contributed by atoms with Crippen molar-refractivity contribution in [2.45, 2.75) is 6.92 Å². The average molecular weight is 248 g/mol. The lowest BCUT2D eigenvalue weighted by Crippen LogP contribution is -1.94. The Hall–Kier alpha value is -2.10. The Morgan fingerprint density at radius 3 is 1.94 bits per heavy atom. The van der Waals surface area contributed by atoms with E-state index in [2.05, 4.69) is 0 Å². The molecule has 2 rings (SSSR count). The highest BCUT2D eigenvalue weighted by molar-refractivity contribution is 5.70. The standard InChI is InChI=1S/C14H16O4/c1-9-5-6-11(18-9)10-7-13(16-3)14(17-4)8-12(10)15-2/h5-8H,1-4H3. The third-order valence-electron chi connectivity index (χ3n) is 2.71. The van der Waals surface area contributed by atoms with Gasteiger partial charge in [0.25, 0.3) is 0 Å². The van der Waals surface area contributed by atoms with Crippen molar-refractivity contribution in [3.8, 4) is 28.6 Å². The predicted molar refractivity (Wildman–Crippen MR) is 68.5 cm³/mol. The normalized spacial score (nSPS) is 10.2. The molecule has 0 radical (unpaired) electrons. The summed E-state index contributed by atoms with van der Waals surface area (Å²) in [7, 11) is 4.80. The summed E-state index contributed by atoms with van der Waals surface area (Å²) in [4.78, 5) is 0. The minimum Gasteiger partial charge on any atom is -0.496 e. The van der Waals surface area contributed by atoms with Gasteiger partial charge in [-0.1, -0.05) is 0 Å². The summed E-state index contributed by atoms with van der Waals surface area (Å²) in [5.41, 5.74) is 0.836. The zero-order valence-corrected chi connectivity index (χ0v) is 10.9. The molecule has 0 atom stereocenters. The van der Waals surface area contributed by atoms with Crippen LogP contribution in [0.5, 0.6) is 17.2 Å². The molecule has 4 nitrogen and oxygen atoms in total. The van der Waals surface area contributed by atoms with Crippen LogP contribution in [0.2, 0.25) is 0 Å². The van der Waals surface area contributed by atoms with E-state index in [0.29, 0.717) is 17.2 Å². The minimum atomic E-state index is 0.626. The van der Waals surface area contributed by atoms with Gasteiger partial charge in [0, 0.05) is 6.07 Å². The molecule has 1 heterocycles.